The fourth-order valence-electron chi connectivity index (χ4n) is 6.59. The monoisotopic (exact) mass is 422 g/mol. The maximum Gasteiger partial charge on any atom is 0.0548 e. The lowest BCUT2D eigenvalue weighted by molar-refractivity contribution is 0.787. The Bertz CT molecular complexity index is 1170. The van der Waals surface area contributed by atoms with Gasteiger partial charge in [0.25, 0.3) is 0 Å². The Morgan fingerprint density at radius 3 is 1.90 bits per heavy atom. The SMILES string of the molecule is C[Si](C)(C1C=CC2=C1C1C=CC2c2ccccc21)[Si](C)(C)C1C=Cc2ccccc21. The van der Waals surface area contributed by atoms with Crippen molar-refractivity contribution in [2.24, 2.45) is 0 Å². The van der Waals surface area contributed by atoms with Crippen LogP contribution in [0.4, 0.5) is 0 Å². The van der Waals surface area contributed by atoms with E-state index in [0.29, 0.717) is 22.9 Å². The van der Waals surface area contributed by atoms with Crippen molar-refractivity contribution in [1.82, 2.24) is 0 Å². The van der Waals surface area contributed by atoms with Gasteiger partial charge in [-0.3, -0.25) is 0 Å². The molecule has 150 valence electrons. The fraction of sp³-hybridized carbons (Fsp3) is 0.286. The molecule has 4 unspecified atom stereocenters. The van der Waals surface area contributed by atoms with Crippen LogP contribution in [0, 0.1) is 0 Å². The minimum absolute atomic E-state index is 0.476. The summed E-state index contributed by atoms with van der Waals surface area (Å²) in [4.78, 5) is 0. The summed E-state index contributed by atoms with van der Waals surface area (Å²) >= 11 is 0. The zero-order valence-corrected chi connectivity index (χ0v) is 20.4. The molecule has 30 heavy (non-hydrogen) atoms. The van der Waals surface area contributed by atoms with Crippen molar-refractivity contribution in [3.8, 4) is 0 Å². The minimum Gasteiger partial charge on any atom is -0.0800 e. The van der Waals surface area contributed by atoms with Gasteiger partial charge in [-0.25, -0.2) is 0 Å². The fourth-order valence-corrected chi connectivity index (χ4v) is 17.8. The number of benzene rings is 2. The second-order valence-electron chi connectivity index (χ2n) is 10.6. The molecule has 0 aliphatic heterocycles. The van der Waals surface area contributed by atoms with Crippen LogP contribution in [0.1, 0.15) is 39.6 Å². The van der Waals surface area contributed by atoms with Gasteiger partial charge in [0.15, 0.2) is 0 Å². The third-order valence-corrected chi connectivity index (χ3v) is 28.3. The third kappa shape index (κ3) is 2.27. The van der Waals surface area contributed by atoms with Gasteiger partial charge in [-0.05, 0) is 38.9 Å². The smallest absolute Gasteiger partial charge is 0.0548 e. The van der Waals surface area contributed by atoms with Gasteiger partial charge in [0.2, 0.25) is 0 Å². The molecule has 0 fully saturated rings. The van der Waals surface area contributed by atoms with Gasteiger partial charge in [-0.15, -0.1) is 0 Å². The van der Waals surface area contributed by atoms with E-state index in [4.69, 9.17) is 0 Å². The average molecular weight is 423 g/mol. The van der Waals surface area contributed by atoms with Crippen LogP contribution >= 0.6 is 0 Å². The van der Waals surface area contributed by atoms with Crippen LogP contribution in [-0.2, 0) is 0 Å². The van der Waals surface area contributed by atoms with E-state index in [9.17, 15) is 0 Å². The predicted molar refractivity (Wildman–Crippen MR) is 134 cm³/mol. The van der Waals surface area contributed by atoms with Gasteiger partial charge in [-0.1, -0.05) is 117 Å². The molecule has 5 aliphatic carbocycles. The van der Waals surface area contributed by atoms with Crippen molar-refractivity contribution in [3.05, 3.63) is 112 Å². The van der Waals surface area contributed by atoms with E-state index in [0.717, 1.165) is 0 Å². The highest BCUT2D eigenvalue weighted by molar-refractivity contribution is 7.42. The first-order chi connectivity index (χ1) is 14.4. The van der Waals surface area contributed by atoms with Crippen LogP contribution in [0.25, 0.3) is 6.08 Å². The van der Waals surface area contributed by atoms with Gasteiger partial charge >= 0.3 is 0 Å². The summed E-state index contributed by atoms with van der Waals surface area (Å²) in [5.74, 6) is 0.966. The average Bonchev–Trinajstić information content (AvgIpc) is 3.40. The summed E-state index contributed by atoms with van der Waals surface area (Å²) in [7, 11) is -3.16. The third-order valence-electron chi connectivity index (χ3n) is 8.98. The van der Waals surface area contributed by atoms with Crippen molar-refractivity contribution in [1.29, 1.82) is 0 Å². The summed E-state index contributed by atoms with van der Waals surface area (Å²) < 4.78 is 0. The molecule has 5 aliphatic rings. The van der Waals surface area contributed by atoms with Crippen LogP contribution in [-0.4, -0.2) is 15.2 Å². The predicted octanol–water partition coefficient (Wildman–Crippen LogP) is 7.52. The molecular weight excluding hydrogens is 392 g/mol. The van der Waals surface area contributed by atoms with E-state index in [-0.39, 0.29) is 0 Å². The maximum atomic E-state index is 2.71. The molecule has 0 spiro atoms. The van der Waals surface area contributed by atoms with Crippen LogP contribution < -0.4 is 0 Å². The standard InChI is InChI=1S/C28H30Si2/c1-29(2,26-17-13-19-9-5-6-10-20(19)26)30(3,4)27-18-16-25-23-14-15-24(28(25)27)22-12-8-7-11-21(22)23/h5-18,23-24,26-27H,1-4H3. The molecule has 0 N–H and O–H groups in total. The van der Waals surface area contributed by atoms with E-state index >= 15 is 0 Å². The van der Waals surface area contributed by atoms with Gasteiger partial charge in [0.05, 0.1) is 15.2 Å². The summed E-state index contributed by atoms with van der Waals surface area (Å²) in [6.07, 6.45) is 15.0. The summed E-state index contributed by atoms with van der Waals surface area (Å²) in [5.41, 5.74) is 10.8. The number of rotatable bonds is 3. The lowest BCUT2D eigenvalue weighted by Crippen LogP contribution is -2.61. The van der Waals surface area contributed by atoms with Gasteiger partial charge < -0.3 is 0 Å². The van der Waals surface area contributed by atoms with Crippen LogP contribution in [0.5, 0.6) is 0 Å². The molecule has 4 atom stereocenters. The quantitative estimate of drug-likeness (QED) is 0.354. The van der Waals surface area contributed by atoms with Crippen molar-refractivity contribution < 1.29 is 0 Å². The molecular formula is C28H30Si2. The number of fused-ring (bicyclic) bond motifs is 1. The molecule has 7 rings (SSSR count). The summed E-state index contributed by atoms with van der Waals surface area (Å²) in [6.45, 7) is 10.8. The normalized spacial score (nSPS) is 28.1. The first-order valence-electron chi connectivity index (χ1n) is 11.4. The Kier molecular flexibility index (Phi) is 3.83. The summed E-state index contributed by atoms with van der Waals surface area (Å²) in [5, 5.41) is 0. The van der Waals surface area contributed by atoms with Crippen molar-refractivity contribution >= 4 is 21.3 Å². The second-order valence-corrected chi connectivity index (χ2v) is 26.5. The molecule has 0 heterocycles. The van der Waals surface area contributed by atoms with Crippen molar-refractivity contribution in [2.75, 3.05) is 0 Å². The molecule has 0 aromatic heterocycles. The Labute approximate surface area is 182 Å². The van der Waals surface area contributed by atoms with Crippen LogP contribution in [0.3, 0.4) is 0 Å². The highest BCUT2D eigenvalue weighted by Crippen LogP contribution is 2.59. The van der Waals surface area contributed by atoms with Gasteiger partial charge in [0.1, 0.15) is 0 Å². The first-order valence-corrected chi connectivity index (χ1v) is 18.5. The Hall–Kier alpha value is -2.17. The van der Waals surface area contributed by atoms with E-state index < -0.39 is 15.2 Å². The largest absolute Gasteiger partial charge is 0.0800 e. The molecule has 2 aromatic rings. The zero-order valence-electron chi connectivity index (χ0n) is 18.4. The van der Waals surface area contributed by atoms with Crippen molar-refractivity contribution in [3.63, 3.8) is 0 Å². The van der Waals surface area contributed by atoms with E-state index in [1.54, 1.807) is 22.3 Å². The second kappa shape index (κ2) is 6.18. The highest BCUT2D eigenvalue weighted by atomic mass is 29.3. The minimum atomic E-state index is -1.59. The lowest BCUT2D eigenvalue weighted by Gasteiger charge is -2.49. The lowest BCUT2D eigenvalue weighted by atomic mass is 9.68. The number of allylic oxidation sites excluding steroid dienone is 7. The van der Waals surface area contributed by atoms with Gasteiger partial charge in [-0.2, -0.15) is 0 Å². The van der Waals surface area contributed by atoms with Crippen LogP contribution in [0.2, 0.25) is 31.7 Å². The Morgan fingerprint density at radius 2 is 1.13 bits per heavy atom. The molecule has 2 aromatic carbocycles. The number of hydrogen-bond donors (Lipinski definition) is 0. The van der Waals surface area contributed by atoms with E-state index in [1.807, 2.05) is 0 Å². The zero-order chi connectivity index (χ0) is 20.7. The van der Waals surface area contributed by atoms with Crippen molar-refractivity contribution in [2.45, 2.75) is 49.1 Å². The van der Waals surface area contributed by atoms with Crippen LogP contribution in [0.15, 0.2) is 90.1 Å². The first kappa shape index (κ1) is 18.6. The van der Waals surface area contributed by atoms with E-state index in [2.05, 4.69) is 111 Å². The molecule has 0 amide bonds. The topological polar surface area (TPSA) is 0 Å². The summed E-state index contributed by atoms with van der Waals surface area (Å²) in [6, 6.07) is 18.3. The maximum absolute atomic E-state index is 2.71. The Balaban J connectivity index is 1.42. The highest BCUT2D eigenvalue weighted by Gasteiger charge is 2.54. The molecule has 2 heteroatoms. The molecule has 2 bridgehead atoms. The van der Waals surface area contributed by atoms with Gasteiger partial charge in [0, 0.05) is 11.8 Å². The molecule has 0 nitrogen and oxygen atoms in total. The molecule has 0 radical (unpaired) electrons. The number of hydrogen-bond acceptors (Lipinski definition) is 0. The van der Waals surface area contributed by atoms with E-state index in [1.165, 1.54) is 11.1 Å². The Morgan fingerprint density at radius 1 is 0.567 bits per heavy atom. The molecule has 0 saturated carbocycles. The molecule has 0 saturated heterocycles.